The van der Waals surface area contributed by atoms with E-state index in [-0.39, 0.29) is 62.5 Å². The van der Waals surface area contributed by atoms with E-state index in [1.54, 1.807) is 12.1 Å². The molecule has 0 spiro atoms. The number of halogens is 2. The van der Waals surface area contributed by atoms with Crippen molar-refractivity contribution >= 4 is 40.7 Å². The fraction of sp³-hybridized carbons (Fsp3) is 0.217. The molecule has 158 valence electrons. The molecule has 0 fully saturated rings. The molecular weight excluding hydrogens is 476 g/mol. The number of aromatic nitrogens is 2. The Labute approximate surface area is 240 Å². The van der Waals surface area contributed by atoms with E-state index in [0.717, 1.165) is 17.7 Å². The van der Waals surface area contributed by atoms with Crippen LogP contribution in [0.15, 0.2) is 63.4 Å². The normalized spacial score (nSPS) is 15.7. The van der Waals surface area contributed by atoms with Gasteiger partial charge in [-0.25, -0.2) is 0 Å². The number of aromatic amines is 1. The van der Waals surface area contributed by atoms with Gasteiger partial charge >= 0.3 is 51.4 Å². The summed E-state index contributed by atoms with van der Waals surface area (Å²) in [6.45, 7) is 10.3. The Morgan fingerprint density at radius 2 is 1.87 bits per heavy atom. The van der Waals surface area contributed by atoms with Crippen LogP contribution in [0.1, 0.15) is 31.2 Å². The van der Waals surface area contributed by atoms with Crippen molar-refractivity contribution in [3.8, 4) is 0 Å². The number of para-hydroxylation sites is 1. The van der Waals surface area contributed by atoms with E-state index in [1.165, 1.54) is 29.2 Å². The van der Waals surface area contributed by atoms with Gasteiger partial charge in [0.15, 0.2) is 5.56 Å². The zero-order valence-electron chi connectivity index (χ0n) is 17.5. The number of H-pyrrole nitrogens is 1. The van der Waals surface area contributed by atoms with Crippen LogP contribution in [0.4, 0.5) is 5.69 Å². The molecule has 0 bridgehead atoms. The molecule has 0 saturated heterocycles. The number of hydrogen-bond donors (Lipinski definition) is 2. The molecule has 0 aliphatic carbocycles. The van der Waals surface area contributed by atoms with Gasteiger partial charge in [-0.2, -0.15) is 12.8 Å². The third-order valence-corrected chi connectivity index (χ3v) is 7.17. The molecule has 1 aliphatic heterocycles. The summed E-state index contributed by atoms with van der Waals surface area (Å²) >= 11 is 13.2. The van der Waals surface area contributed by atoms with Crippen LogP contribution in [0.5, 0.6) is 0 Å². The van der Waals surface area contributed by atoms with Crippen molar-refractivity contribution in [2.75, 3.05) is 5.32 Å². The Bertz CT molecular complexity index is 1070. The monoisotopic (exact) mass is 497 g/mol. The van der Waals surface area contributed by atoms with Crippen molar-refractivity contribution in [1.82, 2.24) is 9.97 Å². The Morgan fingerprint density at radius 3 is 2.52 bits per heavy atom. The molecule has 2 heterocycles. The molecule has 2 aromatic carbocycles. The predicted octanol–water partition coefficient (Wildman–Crippen LogP) is 3.43. The molecule has 0 saturated carbocycles. The topological polar surface area (TPSA) is 57.8 Å². The van der Waals surface area contributed by atoms with E-state index in [1.807, 2.05) is 6.07 Å². The molecule has 0 amide bonds. The summed E-state index contributed by atoms with van der Waals surface area (Å²) < 4.78 is 0. The Kier molecular flexibility index (Phi) is 10.6. The first kappa shape index (κ1) is 26.9. The van der Waals surface area contributed by atoms with E-state index >= 15 is 0 Å². The standard InChI is InChI=1S/C13H17N.C10H5Cl2N2OS.K/c1-4-13(5-2)10(3)11-8-6-7-9-12(11)14-13;11-6-2-1-3-7(10(6)12)16-9-5-13-4-8(15)14-9;/h6-10,14H,1-2,4-5H2,3H3;1-3,5H,(H,14,15);/q-2;-1;+1/t10-;;/m1../s1. The maximum Gasteiger partial charge on any atom is 1.00 e. The van der Waals surface area contributed by atoms with Crippen molar-refractivity contribution < 1.29 is 51.4 Å². The SMILES string of the molecule is O=c1[c-]ncc(Sc2cccc(Cl)c2Cl)[nH]1.[CH2-]CC1(C[CH2-])Nc2ccccc2[C@H]1C.[K+]. The number of fused-ring (bicyclic) bond motifs is 1. The largest absolute Gasteiger partial charge is 1.00 e. The van der Waals surface area contributed by atoms with Crippen molar-refractivity contribution in [2.45, 2.75) is 41.1 Å². The van der Waals surface area contributed by atoms with Crippen molar-refractivity contribution in [1.29, 1.82) is 0 Å². The first-order chi connectivity index (χ1) is 14.4. The van der Waals surface area contributed by atoms with Gasteiger partial charge < -0.3 is 29.1 Å². The summed E-state index contributed by atoms with van der Waals surface area (Å²) in [6.07, 6.45) is 5.52. The molecule has 4 nitrogen and oxygen atoms in total. The quantitative estimate of drug-likeness (QED) is 0.428. The zero-order chi connectivity index (χ0) is 21.7. The maximum atomic E-state index is 11.0. The van der Waals surface area contributed by atoms with Gasteiger partial charge in [0.2, 0.25) is 0 Å². The van der Waals surface area contributed by atoms with Crippen LogP contribution in [0.3, 0.4) is 0 Å². The molecule has 1 atom stereocenters. The third kappa shape index (κ3) is 6.39. The summed E-state index contributed by atoms with van der Waals surface area (Å²) in [5.41, 5.74) is 2.36. The van der Waals surface area contributed by atoms with Crippen LogP contribution < -0.4 is 62.3 Å². The summed E-state index contributed by atoms with van der Waals surface area (Å²) in [4.78, 5) is 18.0. The molecule has 2 N–H and O–H groups in total. The summed E-state index contributed by atoms with van der Waals surface area (Å²) in [6, 6.07) is 13.8. The van der Waals surface area contributed by atoms with Crippen LogP contribution in [-0.4, -0.2) is 15.5 Å². The molecule has 0 radical (unpaired) electrons. The van der Waals surface area contributed by atoms with Crippen LogP contribution in [-0.2, 0) is 0 Å². The van der Waals surface area contributed by atoms with E-state index in [4.69, 9.17) is 23.2 Å². The Morgan fingerprint density at radius 1 is 1.16 bits per heavy atom. The second-order valence-electron chi connectivity index (χ2n) is 6.93. The van der Waals surface area contributed by atoms with Gasteiger partial charge in [-0.15, -0.1) is 0 Å². The molecule has 4 rings (SSSR count). The Balaban J connectivity index is 0.000000215. The van der Waals surface area contributed by atoms with Gasteiger partial charge in [-0.05, 0) is 29.3 Å². The van der Waals surface area contributed by atoms with Crippen LogP contribution in [0.25, 0.3) is 0 Å². The van der Waals surface area contributed by atoms with Crippen LogP contribution in [0.2, 0.25) is 10.0 Å². The maximum absolute atomic E-state index is 11.0. The fourth-order valence-electron chi connectivity index (χ4n) is 3.40. The number of nitrogens with one attached hydrogen (secondary N) is 2. The second-order valence-corrected chi connectivity index (χ2v) is 8.80. The predicted molar refractivity (Wildman–Crippen MR) is 125 cm³/mol. The minimum absolute atomic E-state index is 0. The van der Waals surface area contributed by atoms with Gasteiger partial charge in [-0.1, -0.05) is 78.5 Å². The number of benzene rings is 2. The molecule has 3 aromatic rings. The van der Waals surface area contributed by atoms with Crippen molar-refractivity contribution in [3.05, 3.63) is 94.7 Å². The molecular formula is C23H22Cl2KN3OS-2. The average Bonchev–Trinajstić information content (AvgIpc) is 3.04. The van der Waals surface area contributed by atoms with Gasteiger partial charge in [0.25, 0.3) is 0 Å². The molecule has 31 heavy (non-hydrogen) atoms. The number of anilines is 1. The molecule has 1 aliphatic rings. The van der Waals surface area contributed by atoms with Crippen LogP contribution in [0, 0.1) is 20.0 Å². The van der Waals surface area contributed by atoms with Crippen molar-refractivity contribution in [2.24, 2.45) is 0 Å². The minimum atomic E-state index is -0.372. The van der Waals surface area contributed by atoms with Crippen molar-refractivity contribution in [3.63, 3.8) is 0 Å². The molecule has 8 heteroatoms. The first-order valence-electron chi connectivity index (χ1n) is 9.44. The molecule has 1 aromatic heterocycles. The van der Waals surface area contributed by atoms with Gasteiger partial charge in [0.1, 0.15) is 0 Å². The fourth-order valence-corrected chi connectivity index (χ4v) is 4.70. The summed E-state index contributed by atoms with van der Waals surface area (Å²) in [5, 5.41) is 5.10. The average molecular weight is 499 g/mol. The number of nitrogens with zero attached hydrogens (tertiary/aromatic N) is 1. The Hall–Kier alpha value is -0.314. The molecule has 0 unspecified atom stereocenters. The minimum Gasteiger partial charge on any atom is -0.451 e. The number of rotatable bonds is 4. The smallest absolute Gasteiger partial charge is 0.451 e. The third-order valence-electron chi connectivity index (χ3n) is 5.25. The summed E-state index contributed by atoms with van der Waals surface area (Å²) in [7, 11) is 0. The van der Waals surface area contributed by atoms with E-state index in [0.29, 0.717) is 21.0 Å². The van der Waals surface area contributed by atoms with Gasteiger partial charge in [-0.3, -0.25) is 4.79 Å². The van der Waals surface area contributed by atoms with E-state index in [9.17, 15) is 4.79 Å². The zero-order valence-corrected chi connectivity index (χ0v) is 23.0. The van der Waals surface area contributed by atoms with E-state index < -0.39 is 0 Å². The number of hydrogen-bond acceptors (Lipinski definition) is 4. The first-order valence-corrected chi connectivity index (χ1v) is 11.0. The van der Waals surface area contributed by atoms with Gasteiger partial charge in [0, 0.05) is 21.5 Å². The van der Waals surface area contributed by atoms with Gasteiger partial charge in [0.05, 0.1) is 10.0 Å². The summed E-state index contributed by atoms with van der Waals surface area (Å²) in [5.74, 6) is 0.508. The van der Waals surface area contributed by atoms with E-state index in [2.05, 4.69) is 66.5 Å². The second kappa shape index (κ2) is 12.2. The van der Waals surface area contributed by atoms with Crippen LogP contribution >= 0.6 is 35.0 Å².